The third-order valence-corrected chi connectivity index (χ3v) is 2.32. The van der Waals surface area contributed by atoms with Crippen LogP contribution in [0.25, 0.3) is 0 Å². The van der Waals surface area contributed by atoms with Gasteiger partial charge in [-0.2, -0.15) is 0 Å². The predicted molar refractivity (Wildman–Crippen MR) is 63.7 cm³/mol. The Morgan fingerprint density at radius 3 is 2.59 bits per heavy atom. The zero-order valence-corrected chi connectivity index (χ0v) is 9.85. The monoisotopic (exact) mass is 235 g/mol. The fourth-order valence-electron chi connectivity index (χ4n) is 1.51. The molecule has 2 amide bonds. The molecule has 3 N–H and O–H groups in total. The van der Waals surface area contributed by atoms with Gasteiger partial charge in [-0.25, -0.2) is 0 Å². The van der Waals surface area contributed by atoms with Gasteiger partial charge < -0.3 is 11.1 Å². The quantitative estimate of drug-likeness (QED) is 0.757. The van der Waals surface area contributed by atoms with Crippen LogP contribution in [-0.4, -0.2) is 16.8 Å². The van der Waals surface area contributed by atoms with Crippen molar-refractivity contribution in [1.82, 2.24) is 10.3 Å². The molecule has 0 saturated heterocycles. The van der Waals surface area contributed by atoms with E-state index in [4.69, 9.17) is 5.73 Å². The summed E-state index contributed by atoms with van der Waals surface area (Å²) in [6.45, 7) is 2.31. The Labute approximate surface area is 100 Å². The van der Waals surface area contributed by atoms with Crippen LogP contribution in [0.4, 0.5) is 0 Å². The number of primary amides is 1. The molecule has 1 heterocycles. The summed E-state index contributed by atoms with van der Waals surface area (Å²) in [6, 6.07) is 3.68. The number of hydrogen-bond acceptors (Lipinski definition) is 3. The minimum Gasteiger partial charge on any atom is -0.370 e. The van der Waals surface area contributed by atoms with Crippen molar-refractivity contribution in [3.8, 4) is 0 Å². The molecule has 0 aliphatic carbocycles. The van der Waals surface area contributed by atoms with E-state index in [0.717, 1.165) is 5.56 Å². The second kappa shape index (κ2) is 6.62. The van der Waals surface area contributed by atoms with Crippen molar-refractivity contribution in [2.24, 2.45) is 11.7 Å². The van der Waals surface area contributed by atoms with Gasteiger partial charge in [-0.1, -0.05) is 6.92 Å². The summed E-state index contributed by atoms with van der Waals surface area (Å²) in [5.41, 5.74) is 6.05. The molecule has 0 unspecified atom stereocenters. The fourth-order valence-corrected chi connectivity index (χ4v) is 1.51. The first-order chi connectivity index (χ1) is 8.08. The van der Waals surface area contributed by atoms with Crippen molar-refractivity contribution in [3.63, 3.8) is 0 Å². The topological polar surface area (TPSA) is 85.1 Å². The average molecular weight is 235 g/mol. The summed E-state index contributed by atoms with van der Waals surface area (Å²) >= 11 is 0. The molecule has 0 saturated carbocycles. The van der Waals surface area contributed by atoms with Crippen molar-refractivity contribution in [2.75, 3.05) is 0 Å². The fraction of sp³-hybridized carbons (Fsp3) is 0.417. The molecular weight excluding hydrogens is 218 g/mol. The van der Waals surface area contributed by atoms with Gasteiger partial charge >= 0.3 is 0 Å². The molecular formula is C12H17N3O2. The molecule has 92 valence electrons. The Morgan fingerprint density at radius 2 is 2.00 bits per heavy atom. The molecule has 5 nitrogen and oxygen atoms in total. The van der Waals surface area contributed by atoms with Gasteiger partial charge in [0.15, 0.2) is 0 Å². The minimum absolute atomic E-state index is 0.0232. The SMILES string of the molecule is C[C@H](CC(N)=O)CC(=O)NCc1ccncc1. The van der Waals surface area contributed by atoms with Crippen LogP contribution in [-0.2, 0) is 16.1 Å². The first kappa shape index (κ1) is 13.2. The van der Waals surface area contributed by atoms with E-state index in [1.807, 2.05) is 19.1 Å². The Balaban J connectivity index is 2.28. The lowest BCUT2D eigenvalue weighted by Gasteiger charge is -2.09. The molecule has 0 aliphatic rings. The van der Waals surface area contributed by atoms with Gasteiger partial charge in [0.05, 0.1) is 0 Å². The molecule has 1 atom stereocenters. The van der Waals surface area contributed by atoms with Crippen LogP contribution in [0.3, 0.4) is 0 Å². The molecule has 1 rings (SSSR count). The lowest BCUT2D eigenvalue weighted by atomic mass is 10.0. The van der Waals surface area contributed by atoms with Crippen LogP contribution in [0.15, 0.2) is 24.5 Å². The number of nitrogens with two attached hydrogens (primary N) is 1. The van der Waals surface area contributed by atoms with Crippen molar-refractivity contribution in [1.29, 1.82) is 0 Å². The summed E-state index contributed by atoms with van der Waals surface area (Å²) in [5.74, 6) is -0.472. The van der Waals surface area contributed by atoms with Crippen molar-refractivity contribution in [3.05, 3.63) is 30.1 Å². The molecule has 0 aromatic carbocycles. The van der Waals surface area contributed by atoms with E-state index in [2.05, 4.69) is 10.3 Å². The van der Waals surface area contributed by atoms with Crippen LogP contribution in [0.5, 0.6) is 0 Å². The third-order valence-electron chi connectivity index (χ3n) is 2.32. The van der Waals surface area contributed by atoms with E-state index in [1.54, 1.807) is 12.4 Å². The van der Waals surface area contributed by atoms with Gasteiger partial charge in [-0.3, -0.25) is 14.6 Å². The highest BCUT2D eigenvalue weighted by molar-refractivity contribution is 5.78. The number of nitrogens with one attached hydrogen (secondary N) is 1. The highest BCUT2D eigenvalue weighted by Gasteiger charge is 2.11. The van der Waals surface area contributed by atoms with Gasteiger partial charge in [0.1, 0.15) is 0 Å². The number of pyridine rings is 1. The zero-order valence-electron chi connectivity index (χ0n) is 9.85. The van der Waals surface area contributed by atoms with Crippen LogP contribution >= 0.6 is 0 Å². The van der Waals surface area contributed by atoms with E-state index in [1.165, 1.54) is 0 Å². The zero-order chi connectivity index (χ0) is 12.7. The Morgan fingerprint density at radius 1 is 1.35 bits per heavy atom. The Kier molecular flexibility index (Phi) is 5.13. The molecule has 1 aromatic rings. The summed E-state index contributed by atoms with van der Waals surface area (Å²) in [5, 5.41) is 2.78. The Bertz CT molecular complexity index is 379. The van der Waals surface area contributed by atoms with E-state index in [0.29, 0.717) is 13.0 Å². The van der Waals surface area contributed by atoms with Crippen LogP contribution < -0.4 is 11.1 Å². The van der Waals surface area contributed by atoms with Crippen molar-refractivity contribution >= 4 is 11.8 Å². The number of nitrogens with zero attached hydrogens (tertiary/aromatic N) is 1. The molecule has 17 heavy (non-hydrogen) atoms. The highest BCUT2D eigenvalue weighted by atomic mass is 16.2. The summed E-state index contributed by atoms with van der Waals surface area (Å²) in [6.07, 6.45) is 3.91. The van der Waals surface area contributed by atoms with Gasteiger partial charge in [0.2, 0.25) is 11.8 Å². The number of carbonyl (C=O) groups is 2. The van der Waals surface area contributed by atoms with Gasteiger partial charge in [0, 0.05) is 31.8 Å². The molecule has 0 fully saturated rings. The van der Waals surface area contributed by atoms with Crippen LogP contribution in [0.1, 0.15) is 25.3 Å². The average Bonchev–Trinajstić information content (AvgIpc) is 2.26. The maximum atomic E-state index is 11.5. The van der Waals surface area contributed by atoms with E-state index in [-0.39, 0.29) is 24.2 Å². The second-order valence-electron chi connectivity index (χ2n) is 4.11. The largest absolute Gasteiger partial charge is 0.370 e. The highest BCUT2D eigenvalue weighted by Crippen LogP contribution is 2.06. The standard InChI is InChI=1S/C12H17N3O2/c1-9(6-11(13)16)7-12(17)15-8-10-2-4-14-5-3-10/h2-5,9H,6-8H2,1H3,(H2,13,16)(H,15,17)/t9-/m1/s1. The summed E-state index contributed by atoms with van der Waals surface area (Å²) < 4.78 is 0. The molecule has 0 radical (unpaired) electrons. The molecule has 0 aliphatic heterocycles. The van der Waals surface area contributed by atoms with Crippen LogP contribution in [0.2, 0.25) is 0 Å². The van der Waals surface area contributed by atoms with Gasteiger partial charge in [-0.15, -0.1) is 0 Å². The smallest absolute Gasteiger partial charge is 0.220 e. The van der Waals surface area contributed by atoms with E-state index >= 15 is 0 Å². The second-order valence-corrected chi connectivity index (χ2v) is 4.11. The molecule has 0 bridgehead atoms. The first-order valence-corrected chi connectivity index (χ1v) is 5.52. The first-order valence-electron chi connectivity index (χ1n) is 5.52. The molecule has 0 spiro atoms. The minimum atomic E-state index is -0.376. The normalized spacial score (nSPS) is 11.8. The number of hydrogen-bond donors (Lipinski definition) is 2. The summed E-state index contributed by atoms with van der Waals surface area (Å²) in [7, 11) is 0. The maximum absolute atomic E-state index is 11.5. The molecule has 5 heteroatoms. The third kappa shape index (κ3) is 5.65. The van der Waals surface area contributed by atoms with Crippen molar-refractivity contribution < 1.29 is 9.59 Å². The van der Waals surface area contributed by atoms with Crippen LogP contribution in [0, 0.1) is 5.92 Å². The van der Waals surface area contributed by atoms with E-state index in [9.17, 15) is 9.59 Å². The van der Waals surface area contributed by atoms with Crippen molar-refractivity contribution in [2.45, 2.75) is 26.3 Å². The number of rotatable bonds is 6. The number of carbonyl (C=O) groups excluding carboxylic acids is 2. The lowest BCUT2D eigenvalue weighted by molar-refractivity contribution is -0.122. The lowest BCUT2D eigenvalue weighted by Crippen LogP contribution is -2.26. The predicted octanol–water partition coefficient (Wildman–Crippen LogP) is 0.599. The maximum Gasteiger partial charge on any atom is 0.220 e. The molecule has 1 aromatic heterocycles. The summed E-state index contributed by atoms with van der Waals surface area (Å²) in [4.78, 5) is 26.1. The number of aromatic nitrogens is 1. The number of amides is 2. The van der Waals surface area contributed by atoms with E-state index < -0.39 is 0 Å². The van der Waals surface area contributed by atoms with Gasteiger partial charge in [-0.05, 0) is 23.6 Å². The van der Waals surface area contributed by atoms with Gasteiger partial charge in [0.25, 0.3) is 0 Å². The Hall–Kier alpha value is -1.91.